The largest absolute Gasteiger partial charge is 0.497 e. The van der Waals surface area contributed by atoms with Gasteiger partial charge in [0.25, 0.3) is 0 Å². The summed E-state index contributed by atoms with van der Waals surface area (Å²) in [6.45, 7) is 0. The normalized spacial score (nSPS) is 10.5. The number of benzene rings is 3. The number of anilines is 2. The highest BCUT2D eigenvalue weighted by atomic mass is 16.5. The number of aromatic nitrogens is 3. The molecule has 0 bridgehead atoms. The van der Waals surface area contributed by atoms with Gasteiger partial charge in [-0.15, -0.1) is 0 Å². The van der Waals surface area contributed by atoms with E-state index in [4.69, 9.17) is 14.5 Å². The van der Waals surface area contributed by atoms with Gasteiger partial charge in [0.05, 0.1) is 14.2 Å². The maximum Gasteiger partial charge on any atom is 0.230 e. The Hall–Kier alpha value is -4.26. The lowest BCUT2D eigenvalue weighted by Crippen LogP contribution is -2.09. The summed E-state index contributed by atoms with van der Waals surface area (Å²) >= 11 is 0. The predicted octanol–water partition coefficient (Wildman–Crippen LogP) is 4.63. The maximum atomic E-state index is 11.2. The second-order valence-electron chi connectivity index (χ2n) is 7.41. The van der Waals surface area contributed by atoms with E-state index in [0.29, 0.717) is 36.0 Å². The average molecular weight is 441 g/mol. The molecule has 0 saturated heterocycles. The fraction of sp³-hybridized carbons (Fsp3) is 0.154. The molecule has 1 N–H and O–H groups in total. The third kappa shape index (κ3) is 5.92. The van der Waals surface area contributed by atoms with E-state index in [1.54, 1.807) is 20.3 Å². The summed E-state index contributed by atoms with van der Waals surface area (Å²) in [7, 11) is 3.27. The number of methoxy groups -OCH3 is 2. The van der Waals surface area contributed by atoms with E-state index in [-0.39, 0.29) is 0 Å². The molecule has 0 saturated carbocycles. The van der Waals surface area contributed by atoms with Crippen molar-refractivity contribution in [3.05, 3.63) is 101 Å². The Balaban J connectivity index is 1.65. The molecule has 0 amide bonds. The quantitative estimate of drug-likeness (QED) is 0.380. The van der Waals surface area contributed by atoms with E-state index in [1.165, 1.54) is 0 Å². The molecule has 1 heterocycles. The minimum absolute atomic E-state index is 0.453. The summed E-state index contributed by atoms with van der Waals surface area (Å²) < 4.78 is 10.6. The molecule has 7 nitrogen and oxygen atoms in total. The molecule has 0 aliphatic rings. The van der Waals surface area contributed by atoms with Gasteiger partial charge in [0.2, 0.25) is 5.95 Å². The van der Waals surface area contributed by atoms with Crippen LogP contribution >= 0.6 is 0 Å². The molecule has 0 spiro atoms. The number of hydrogen-bond acceptors (Lipinski definition) is 7. The number of hydrogen-bond donors (Lipinski definition) is 1. The van der Waals surface area contributed by atoms with Gasteiger partial charge in [-0.2, -0.15) is 9.97 Å². The molecule has 0 unspecified atom stereocenters. The van der Waals surface area contributed by atoms with E-state index in [0.717, 1.165) is 34.6 Å². The molecule has 0 fully saturated rings. The molecular weight excluding hydrogens is 416 g/mol. The smallest absolute Gasteiger partial charge is 0.230 e. The van der Waals surface area contributed by atoms with Crippen molar-refractivity contribution in [2.75, 3.05) is 19.5 Å². The van der Waals surface area contributed by atoms with Crippen LogP contribution in [0.15, 0.2) is 72.8 Å². The third-order valence-corrected chi connectivity index (χ3v) is 5.02. The summed E-state index contributed by atoms with van der Waals surface area (Å²) in [5.74, 6) is 3.25. The topological polar surface area (TPSA) is 86.2 Å². The van der Waals surface area contributed by atoms with Crippen LogP contribution in [0.4, 0.5) is 11.6 Å². The molecular formula is C26H24N4O3. The molecule has 7 heteroatoms. The first kappa shape index (κ1) is 22.0. The zero-order valence-electron chi connectivity index (χ0n) is 18.5. The number of carbonyl (C=O) groups is 1. The van der Waals surface area contributed by atoms with Gasteiger partial charge in [-0.3, -0.25) is 4.79 Å². The maximum absolute atomic E-state index is 11.2. The summed E-state index contributed by atoms with van der Waals surface area (Å²) in [6, 6.07) is 22.8. The van der Waals surface area contributed by atoms with E-state index in [1.807, 2.05) is 66.7 Å². The lowest BCUT2D eigenvalue weighted by Gasteiger charge is -2.11. The SMILES string of the molecule is COc1ccc(Nc2nc(Cc3cccc(C=O)c3)nc(Cc3cccc(OC)c3)n2)cc1. The van der Waals surface area contributed by atoms with Crippen molar-refractivity contribution < 1.29 is 14.3 Å². The summed E-state index contributed by atoms with van der Waals surface area (Å²) in [4.78, 5) is 25.1. The Morgan fingerprint density at radius 2 is 1.39 bits per heavy atom. The molecule has 0 atom stereocenters. The number of carbonyl (C=O) groups excluding carboxylic acids is 1. The molecule has 0 aliphatic carbocycles. The second-order valence-corrected chi connectivity index (χ2v) is 7.41. The third-order valence-electron chi connectivity index (χ3n) is 5.02. The molecule has 4 rings (SSSR count). The van der Waals surface area contributed by atoms with Crippen molar-refractivity contribution in [1.82, 2.24) is 15.0 Å². The van der Waals surface area contributed by atoms with E-state index in [2.05, 4.69) is 15.3 Å². The first-order valence-electron chi connectivity index (χ1n) is 10.5. The standard InChI is InChI=1S/C26H24N4O3/c1-32-22-11-9-21(10-12-22)27-26-29-24(15-18-5-3-7-20(13-18)17-31)28-25(30-26)16-19-6-4-8-23(14-19)33-2/h3-14,17H,15-16H2,1-2H3,(H,27,28,29,30). The molecule has 3 aromatic carbocycles. The van der Waals surface area contributed by atoms with Crippen LogP contribution in [0.3, 0.4) is 0 Å². The van der Waals surface area contributed by atoms with Crippen molar-refractivity contribution in [1.29, 1.82) is 0 Å². The minimum Gasteiger partial charge on any atom is -0.497 e. The van der Waals surface area contributed by atoms with E-state index in [9.17, 15) is 4.79 Å². The summed E-state index contributed by atoms with van der Waals surface area (Å²) in [5.41, 5.74) is 3.44. The van der Waals surface area contributed by atoms with Crippen LogP contribution in [0.5, 0.6) is 11.5 Å². The van der Waals surface area contributed by atoms with Crippen LogP contribution in [-0.4, -0.2) is 35.5 Å². The van der Waals surface area contributed by atoms with Crippen molar-refractivity contribution in [3.8, 4) is 11.5 Å². The van der Waals surface area contributed by atoms with Gasteiger partial charge in [-0.1, -0.05) is 30.3 Å². The monoisotopic (exact) mass is 440 g/mol. The number of nitrogens with one attached hydrogen (secondary N) is 1. The number of nitrogens with zero attached hydrogens (tertiary/aromatic N) is 3. The van der Waals surface area contributed by atoms with Gasteiger partial charge in [-0.25, -0.2) is 4.98 Å². The Bertz CT molecular complexity index is 1240. The van der Waals surface area contributed by atoms with Crippen LogP contribution in [0, 0.1) is 0 Å². The highest BCUT2D eigenvalue weighted by molar-refractivity contribution is 5.74. The average Bonchev–Trinajstić information content (AvgIpc) is 2.84. The molecule has 0 radical (unpaired) electrons. The fourth-order valence-electron chi connectivity index (χ4n) is 3.41. The Kier molecular flexibility index (Phi) is 6.90. The van der Waals surface area contributed by atoms with Crippen molar-refractivity contribution in [2.24, 2.45) is 0 Å². The van der Waals surface area contributed by atoms with Gasteiger partial charge in [0, 0.05) is 24.1 Å². The summed E-state index contributed by atoms with van der Waals surface area (Å²) in [5, 5.41) is 3.25. The van der Waals surface area contributed by atoms with Gasteiger partial charge in [0.15, 0.2) is 0 Å². The van der Waals surface area contributed by atoms with Crippen LogP contribution in [0.25, 0.3) is 0 Å². The molecule has 4 aromatic rings. The van der Waals surface area contributed by atoms with Gasteiger partial charge in [0.1, 0.15) is 29.4 Å². The van der Waals surface area contributed by atoms with Gasteiger partial charge >= 0.3 is 0 Å². The van der Waals surface area contributed by atoms with Crippen molar-refractivity contribution >= 4 is 17.9 Å². The molecule has 1 aromatic heterocycles. The fourth-order valence-corrected chi connectivity index (χ4v) is 3.41. The Morgan fingerprint density at radius 1 is 0.758 bits per heavy atom. The second kappa shape index (κ2) is 10.4. The van der Waals surface area contributed by atoms with E-state index >= 15 is 0 Å². The lowest BCUT2D eigenvalue weighted by atomic mass is 10.1. The number of ether oxygens (including phenoxy) is 2. The van der Waals surface area contributed by atoms with Crippen LogP contribution in [0.1, 0.15) is 33.1 Å². The lowest BCUT2D eigenvalue weighted by molar-refractivity contribution is 0.112. The predicted molar refractivity (Wildman–Crippen MR) is 127 cm³/mol. The summed E-state index contributed by atoms with van der Waals surface area (Å²) in [6.07, 6.45) is 1.84. The zero-order chi connectivity index (χ0) is 23.0. The minimum atomic E-state index is 0.453. The highest BCUT2D eigenvalue weighted by Crippen LogP contribution is 2.20. The molecule has 166 valence electrons. The molecule has 33 heavy (non-hydrogen) atoms. The Morgan fingerprint density at radius 3 is 2.03 bits per heavy atom. The van der Waals surface area contributed by atoms with Crippen molar-refractivity contribution in [2.45, 2.75) is 12.8 Å². The van der Waals surface area contributed by atoms with Gasteiger partial charge in [-0.05, 0) is 53.6 Å². The first-order valence-corrected chi connectivity index (χ1v) is 10.5. The zero-order valence-corrected chi connectivity index (χ0v) is 18.5. The first-order chi connectivity index (χ1) is 16.1. The van der Waals surface area contributed by atoms with Crippen LogP contribution in [0.2, 0.25) is 0 Å². The number of aldehydes is 1. The van der Waals surface area contributed by atoms with Crippen LogP contribution < -0.4 is 14.8 Å². The molecule has 0 aliphatic heterocycles. The van der Waals surface area contributed by atoms with Gasteiger partial charge < -0.3 is 14.8 Å². The van der Waals surface area contributed by atoms with Crippen molar-refractivity contribution in [3.63, 3.8) is 0 Å². The van der Waals surface area contributed by atoms with Crippen LogP contribution in [-0.2, 0) is 12.8 Å². The van der Waals surface area contributed by atoms with E-state index < -0.39 is 0 Å². The Labute approximate surface area is 192 Å². The highest BCUT2D eigenvalue weighted by Gasteiger charge is 2.10. The number of rotatable bonds is 9.